The Hall–Kier alpha value is -4.19. The van der Waals surface area contributed by atoms with E-state index in [1.54, 1.807) is 13.2 Å². The number of halogens is 3. The Kier molecular flexibility index (Phi) is 7.87. The Morgan fingerprint density at radius 2 is 1.86 bits per heavy atom. The Bertz CT molecular complexity index is 1310. The molecule has 4 rings (SSSR count). The maximum absolute atomic E-state index is 10.6. The molecule has 184 valence electrons. The second-order valence-electron chi connectivity index (χ2n) is 7.23. The van der Waals surface area contributed by atoms with Gasteiger partial charge in [0.2, 0.25) is 11.8 Å². The second-order valence-corrected chi connectivity index (χ2v) is 7.23. The van der Waals surface area contributed by atoms with Crippen LogP contribution in [0, 0.1) is 6.92 Å². The standard InChI is InChI=1S/C21H21N5O2.C2HF3O2/c1-14-8-17-18(26(14)12-15-6-7-20(27-2)23-11-15)4-3-5-19(17)28-21-9-16(10-22)24-13-25-21;3-2(4,5)1(6)7/h3-9,11,13H,10,12,22H2,1-2H3;(H,6,7). The van der Waals surface area contributed by atoms with Crippen LogP contribution in [0.1, 0.15) is 17.0 Å². The van der Waals surface area contributed by atoms with E-state index >= 15 is 0 Å². The molecule has 0 saturated heterocycles. The van der Waals surface area contributed by atoms with Crippen LogP contribution < -0.4 is 15.2 Å². The summed E-state index contributed by atoms with van der Waals surface area (Å²) in [7, 11) is 1.61. The number of hydrogen-bond donors (Lipinski definition) is 2. The zero-order chi connectivity index (χ0) is 25.6. The average molecular weight is 489 g/mol. The van der Waals surface area contributed by atoms with E-state index in [4.69, 9.17) is 25.1 Å². The van der Waals surface area contributed by atoms with Crippen molar-refractivity contribution in [2.45, 2.75) is 26.2 Å². The van der Waals surface area contributed by atoms with Crippen molar-refractivity contribution in [3.05, 3.63) is 71.9 Å². The summed E-state index contributed by atoms with van der Waals surface area (Å²) in [5.74, 6) is -0.927. The lowest BCUT2D eigenvalue weighted by Gasteiger charge is -2.10. The van der Waals surface area contributed by atoms with Crippen LogP contribution in [0.3, 0.4) is 0 Å². The van der Waals surface area contributed by atoms with Crippen LogP contribution in [-0.4, -0.2) is 43.9 Å². The predicted octanol–water partition coefficient (Wildman–Crippen LogP) is 4.08. The van der Waals surface area contributed by atoms with Gasteiger partial charge >= 0.3 is 12.1 Å². The average Bonchev–Trinajstić information content (AvgIpc) is 3.15. The van der Waals surface area contributed by atoms with Crippen molar-refractivity contribution in [3.8, 4) is 17.5 Å². The number of fused-ring (bicyclic) bond motifs is 1. The lowest BCUT2D eigenvalue weighted by molar-refractivity contribution is -0.192. The molecule has 0 saturated carbocycles. The Labute approximate surface area is 198 Å². The summed E-state index contributed by atoms with van der Waals surface area (Å²) in [6.07, 6.45) is -1.79. The van der Waals surface area contributed by atoms with Crippen molar-refractivity contribution in [1.82, 2.24) is 19.5 Å². The van der Waals surface area contributed by atoms with E-state index in [1.165, 1.54) is 6.33 Å². The first-order valence-corrected chi connectivity index (χ1v) is 10.2. The Morgan fingerprint density at radius 1 is 1.11 bits per heavy atom. The fourth-order valence-electron chi connectivity index (χ4n) is 3.15. The summed E-state index contributed by atoms with van der Waals surface area (Å²) in [6, 6.07) is 13.8. The molecule has 0 unspecified atom stereocenters. The number of carboxylic acids is 1. The number of hydrogen-bond acceptors (Lipinski definition) is 7. The van der Waals surface area contributed by atoms with Crippen LogP contribution in [0.5, 0.6) is 17.5 Å². The lowest BCUT2D eigenvalue weighted by atomic mass is 10.2. The maximum Gasteiger partial charge on any atom is 0.490 e. The van der Waals surface area contributed by atoms with E-state index in [2.05, 4.69) is 38.6 Å². The number of carbonyl (C=O) groups is 1. The molecule has 0 spiro atoms. The number of aromatic nitrogens is 4. The molecular formula is C23H22F3N5O4. The van der Waals surface area contributed by atoms with Crippen LogP contribution >= 0.6 is 0 Å². The third kappa shape index (κ3) is 6.44. The molecule has 35 heavy (non-hydrogen) atoms. The van der Waals surface area contributed by atoms with Crippen molar-refractivity contribution < 1.29 is 32.5 Å². The number of methoxy groups -OCH3 is 1. The predicted molar refractivity (Wildman–Crippen MR) is 120 cm³/mol. The van der Waals surface area contributed by atoms with Gasteiger partial charge in [-0.3, -0.25) is 0 Å². The largest absolute Gasteiger partial charge is 0.490 e. The molecule has 1 aromatic carbocycles. The van der Waals surface area contributed by atoms with Gasteiger partial charge in [0.25, 0.3) is 0 Å². The van der Waals surface area contributed by atoms with Gasteiger partial charge in [-0.15, -0.1) is 0 Å². The van der Waals surface area contributed by atoms with Crippen LogP contribution in [-0.2, 0) is 17.9 Å². The van der Waals surface area contributed by atoms with Crippen molar-refractivity contribution >= 4 is 16.9 Å². The Morgan fingerprint density at radius 3 is 2.46 bits per heavy atom. The molecule has 0 amide bonds. The molecule has 3 N–H and O–H groups in total. The molecule has 0 aliphatic rings. The highest BCUT2D eigenvalue weighted by molar-refractivity contribution is 5.87. The monoisotopic (exact) mass is 489 g/mol. The van der Waals surface area contributed by atoms with E-state index in [9.17, 15) is 13.2 Å². The number of aliphatic carboxylic acids is 1. The zero-order valence-corrected chi connectivity index (χ0v) is 18.8. The lowest BCUT2D eigenvalue weighted by Crippen LogP contribution is -2.21. The number of benzene rings is 1. The van der Waals surface area contributed by atoms with Crippen LogP contribution in [0.4, 0.5) is 13.2 Å². The summed E-state index contributed by atoms with van der Waals surface area (Å²) >= 11 is 0. The summed E-state index contributed by atoms with van der Waals surface area (Å²) < 4.78 is 45.1. The quantitative estimate of drug-likeness (QED) is 0.415. The van der Waals surface area contributed by atoms with Crippen molar-refractivity contribution in [2.24, 2.45) is 5.73 Å². The summed E-state index contributed by atoms with van der Waals surface area (Å²) in [5.41, 5.74) is 9.70. The molecule has 0 bridgehead atoms. The highest BCUT2D eigenvalue weighted by Gasteiger charge is 2.38. The minimum atomic E-state index is -5.08. The molecule has 0 fully saturated rings. The zero-order valence-electron chi connectivity index (χ0n) is 18.8. The van der Waals surface area contributed by atoms with Gasteiger partial charge in [-0.25, -0.2) is 19.7 Å². The van der Waals surface area contributed by atoms with Gasteiger partial charge in [0.05, 0.1) is 18.3 Å². The number of rotatable bonds is 6. The number of nitrogens with two attached hydrogens (primary N) is 1. The summed E-state index contributed by atoms with van der Waals surface area (Å²) in [4.78, 5) is 21.5. The third-order valence-corrected chi connectivity index (χ3v) is 4.83. The summed E-state index contributed by atoms with van der Waals surface area (Å²) in [5, 5.41) is 8.15. The first-order chi connectivity index (χ1) is 16.6. The highest BCUT2D eigenvalue weighted by atomic mass is 19.4. The SMILES string of the molecule is COc1ccc(Cn2c(C)cc3c(Oc4cc(CN)ncn4)cccc32)cn1.O=C(O)C(F)(F)F. The first-order valence-electron chi connectivity index (χ1n) is 10.2. The van der Waals surface area contributed by atoms with E-state index in [1.807, 2.05) is 30.5 Å². The van der Waals surface area contributed by atoms with Gasteiger partial charge in [0, 0.05) is 42.5 Å². The second kappa shape index (κ2) is 10.8. The van der Waals surface area contributed by atoms with Gasteiger partial charge in [-0.05, 0) is 30.7 Å². The number of ether oxygens (including phenoxy) is 2. The van der Waals surface area contributed by atoms with E-state index < -0.39 is 12.1 Å². The molecule has 0 radical (unpaired) electrons. The molecular weight excluding hydrogens is 467 g/mol. The van der Waals surface area contributed by atoms with Gasteiger partial charge in [-0.2, -0.15) is 13.2 Å². The number of pyridine rings is 1. The molecule has 0 aliphatic heterocycles. The molecule has 9 nitrogen and oxygen atoms in total. The topological polar surface area (TPSA) is 125 Å². The van der Waals surface area contributed by atoms with E-state index in [-0.39, 0.29) is 0 Å². The maximum atomic E-state index is 10.6. The first kappa shape index (κ1) is 25.4. The normalized spacial score (nSPS) is 11.0. The molecule has 3 aromatic heterocycles. The Balaban J connectivity index is 0.000000429. The minimum Gasteiger partial charge on any atom is -0.481 e. The fourth-order valence-corrected chi connectivity index (χ4v) is 3.15. The fraction of sp³-hybridized carbons (Fsp3) is 0.217. The molecule has 0 aliphatic carbocycles. The van der Waals surface area contributed by atoms with Gasteiger partial charge in [0.1, 0.15) is 12.1 Å². The highest BCUT2D eigenvalue weighted by Crippen LogP contribution is 2.32. The van der Waals surface area contributed by atoms with Gasteiger partial charge < -0.3 is 24.9 Å². The third-order valence-electron chi connectivity index (χ3n) is 4.83. The number of carboxylic acid groups (broad SMARTS) is 1. The number of alkyl halides is 3. The van der Waals surface area contributed by atoms with Crippen LogP contribution in [0.25, 0.3) is 10.9 Å². The van der Waals surface area contributed by atoms with E-state index in [0.717, 1.165) is 33.6 Å². The van der Waals surface area contributed by atoms with Crippen molar-refractivity contribution in [3.63, 3.8) is 0 Å². The molecule has 0 atom stereocenters. The number of nitrogens with zero attached hydrogens (tertiary/aromatic N) is 4. The number of aryl methyl sites for hydroxylation is 1. The molecule has 4 aromatic rings. The van der Waals surface area contributed by atoms with Crippen LogP contribution in [0.15, 0.2) is 55.0 Å². The molecule has 3 heterocycles. The van der Waals surface area contributed by atoms with Crippen LogP contribution in [0.2, 0.25) is 0 Å². The van der Waals surface area contributed by atoms with Crippen molar-refractivity contribution in [2.75, 3.05) is 7.11 Å². The smallest absolute Gasteiger partial charge is 0.481 e. The van der Waals surface area contributed by atoms with Gasteiger partial charge in [-0.1, -0.05) is 12.1 Å². The van der Waals surface area contributed by atoms with Gasteiger partial charge in [0.15, 0.2) is 0 Å². The summed E-state index contributed by atoms with van der Waals surface area (Å²) in [6.45, 7) is 3.13. The molecule has 12 heteroatoms. The van der Waals surface area contributed by atoms with E-state index in [0.29, 0.717) is 24.8 Å². The minimum absolute atomic E-state index is 0.342. The van der Waals surface area contributed by atoms with Crippen molar-refractivity contribution in [1.29, 1.82) is 0 Å².